The van der Waals surface area contributed by atoms with E-state index in [4.69, 9.17) is 11.6 Å². The van der Waals surface area contributed by atoms with Crippen molar-refractivity contribution in [2.75, 3.05) is 0 Å². The fourth-order valence-corrected chi connectivity index (χ4v) is 2.03. The lowest BCUT2D eigenvalue weighted by Gasteiger charge is -2.05. The molecule has 0 spiro atoms. The normalized spacial score (nSPS) is 15.2. The quantitative estimate of drug-likeness (QED) is 0.785. The van der Waals surface area contributed by atoms with Crippen molar-refractivity contribution in [2.45, 2.75) is 24.6 Å². The zero-order valence-electron chi connectivity index (χ0n) is 9.11. The van der Waals surface area contributed by atoms with E-state index in [1.165, 1.54) is 25.1 Å². The molecular weight excluding hydrogens is 241 g/mol. The highest BCUT2D eigenvalue weighted by atomic mass is 35.5. The van der Waals surface area contributed by atoms with Crippen molar-refractivity contribution in [3.8, 4) is 5.82 Å². The molecule has 0 amide bonds. The van der Waals surface area contributed by atoms with Gasteiger partial charge in [0.25, 0.3) is 0 Å². The third-order valence-electron chi connectivity index (χ3n) is 2.88. The second-order valence-corrected chi connectivity index (χ2v) is 4.50. The molecule has 0 aromatic carbocycles. The SMILES string of the molecule is Fc1cnc(-n2ccc(C3CC3)n2)c(CCl)c1. The molecule has 3 rings (SSSR count). The Morgan fingerprint density at radius 1 is 1.47 bits per heavy atom. The minimum atomic E-state index is -0.376. The first-order valence-electron chi connectivity index (χ1n) is 5.54. The molecule has 0 atom stereocenters. The zero-order chi connectivity index (χ0) is 11.8. The second kappa shape index (κ2) is 4.11. The van der Waals surface area contributed by atoms with Crippen LogP contribution in [0.25, 0.3) is 5.82 Å². The summed E-state index contributed by atoms with van der Waals surface area (Å²) in [6.45, 7) is 0. The largest absolute Gasteiger partial charge is 0.234 e. The van der Waals surface area contributed by atoms with E-state index in [1.807, 2.05) is 12.3 Å². The number of hydrogen-bond acceptors (Lipinski definition) is 2. The fraction of sp³-hybridized carbons (Fsp3) is 0.333. The van der Waals surface area contributed by atoms with Crippen LogP contribution < -0.4 is 0 Å². The standard InChI is InChI=1S/C12H11ClFN3/c13-6-9-5-10(14)7-15-12(9)17-4-3-11(16-17)8-1-2-8/h3-5,7-8H,1-2,6H2. The van der Waals surface area contributed by atoms with Gasteiger partial charge in [0.1, 0.15) is 5.82 Å². The van der Waals surface area contributed by atoms with Gasteiger partial charge in [-0.05, 0) is 25.0 Å². The topological polar surface area (TPSA) is 30.7 Å². The van der Waals surface area contributed by atoms with Crippen molar-refractivity contribution < 1.29 is 4.39 Å². The Labute approximate surface area is 103 Å². The van der Waals surface area contributed by atoms with Gasteiger partial charge in [0.15, 0.2) is 5.82 Å². The van der Waals surface area contributed by atoms with Gasteiger partial charge < -0.3 is 0 Å². The summed E-state index contributed by atoms with van der Waals surface area (Å²) in [5.41, 5.74) is 1.73. The van der Waals surface area contributed by atoms with E-state index in [9.17, 15) is 4.39 Å². The van der Waals surface area contributed by atoms with Gasteiger partial charge in [0.2, 0.25) is 0 Å². The Morgan fingerprint density at radius 3 is 3.00 bits per heavy atom. The molecule has 0 N–H and O–H groups in total. The zero-order valence-corrected chi connectivity index (χ0v) is 9.86. The molecular formula is C12H11ClFN3. The van der Waals surface area contributed by atoms with Crippen molar-refractivity contribution in [1.29, 1.82) is 0 Å². The van der Waals surface area contributed by atoms with Crippen molar-refractivity contribution in [3.05, 3.63) is 41.6 Å². The van der Waals surface area contributed by atoms with E-state index in [2.05, 4.69) is 10.1 Å². The first-order valence-corrected chi connectivity index (χ1v) is 6.07. The Morgan fingerprint density at radius 2 is 2.29 bits per heavy atom. The van der Waals surface area contributed by atoms with Gasteiger partial charge in [-0.25, -0.2) is 14.1 Å². The molecule has 1 fully saturated rings. The number of alkyl halides is 1. The monoisotopic (exact) mass is 251 g/mol. The number of aromatic nitrogens is 3. The minimum absolute atomic E-state index is 0.221. The second-order valence-electron chi connectivity index (χ2n) is 4.23. The van der Waals surface area contributed by atoms with Gasteiger partial charge in [0.05, 0.1) is 17.8 Å². The Hall–Kier alpha value is -1.42. The van der Waals surface area contributed by atoms with Crippen LogP contribution in [0.15, 0.2) is 24.5 Å². The van der Waals surface area contributed by atoms with Crippen LogP contribution in [-0.4, -0.2) is 14.8 Å². The fourth-order valence-electron chi connectivity index (χ4n) is 1.83. The predicted molar refractivity (Wildman–Crippen MR) is 62.8 cm³/mol. The summed E-state index contributed by atoms with van der Waals surface area (Å²) in [6, 6.07) is 3.38. The average molecular weight is 252 g/mol. The lowest BCUT2D eigenvalue weighted by Crippen LogP contribution is -2.03. The van der Waals surface area contributed by atoms with Crippen LogP contribution in [0.4, 0.5) is 4.39 Å². The Kier molecular flexibility index (Phi) is 2.59. The van der Waals surface area contributed by atoms with Gasteiger partial charge in [-0.3, -0.25) is 0 Å². The van der Waals surface area contributed by atoms with Crippen LogP contribution in [-0.2, 0) is 5.88 Å². The number of halogens is 2. The molecule has 0 saturated heterocycles. The summed E-state index contributed by atoms with van der Waals surface area (Å²) in [4.78, 5) is 4.05. The molecule has 2 aromatic rings. The molecule has 0 unspecified atom stereocenters. The molecule has 0 bridgehead atoms. The summed E-state index contributed by atoms with van der Waals surface area (Å²) in [5.74, 6) is 1.04. The van der Waals surface area contributed by atoms with Gasteiger partial charge in [0, 0.05) is 17.7 Å². The molecule has 1 saturated carbocycles. The van der Waals surface area contributed by atoms with Gasteiger partial charge in [-0.1, -0.05) is 0 Å². The lowest BCUT2D eigenvalue weighted by molar-refractivity contribution is 0.616. The van der Waals surface area contributed by atoms with Crippen LogP contribution in [0.2, 0.25) is 0 Å². The van der Waals surface area contributed by atoms with Crippen molar-refractivity contribution in [3.63, 3.8) is 0 Å². The van der Waals surface area contributed by atoms with Crippen LogP contribution in [0.5, 0.6) is 0 Å². The molecule has 17 heavy (non-hydrogen) atoms. The average Bonchev–Trinajstić information content (AvgIpc) is 3.08. The number of nitrogens with zero attached hydrogens (tertiary/aromatic N) is 3. The molecule has 2 heterocycles. The maximum absolute atomic E-state index is 13.0. The van der Waals surface area contributed by atoms with Crippen LogP contribution in [0, 0.1) is 5.82 Å². The van der Waals surface area contributed by atoms with Gasteiger partial charge in [-0.2, -0.15) is 5.10 Å². The molecule has 0 aliphatic heterocycles. The summed E-state index contributed by atoms with van der Waals surface area (Å²) in [7, 11) is 0. The van der Waals surface area contributed by atoms with Crippen molar-refractivity contribution in [1.82, 2.24) is 14.8 Å². The highest BCUT2D eigenvalue weighted by Gasteiger charge is 2.26. The van der Waals surface area contributed by atoms with Crippen molar-refractivity contribution in [2.24, 2.45) is 0 Å². The van der Waals surface area contributed by atoms with E-state index in [0.29, 0.717) is 17.3 Å². The van der Waals surface area contributed by atoms with Crippen LogP contribution in [0.3, 0.4) is 0 Å². The maximum Gasteiger partial charge on any atom is 0.157 e. The number of rotatable bonds is 3. The van der Waals surface area contributed by atoms with Crippen molar-refractivity contribution >= 4 is 11.6 Å². The summed E-state index contributed by atoms with van der Waals surface area (Å²) >= 11 is 5.79. The number of hydrogen-bond donors (Lipinski definition) is 0. The Balaban J connectivity index is 2.01. The minimum Gasteiger partial charge on any atom is -0.234 e. The highest BCUT2D eigenvalue weighted by molar-refractivity contribution is 6.17. The van der Waals surface area contributed by atoms with E-state index >= 15 is 0 Å². The molecule has 1 aliphatic carbocycles. The maximum atomic E-state index is 13.0. The van der Waals surface area contributed by atoms with E-state index in [1.54, 1.807) is 4.68 Å². The molecule has 88 valence electrons. The predicted octanol–water partition coefficient (Wildman–Crippen LogP) is 3.02. The Bertz CT molecular complexity index is 548. The van der Waals surface area contributed by atoms with Crippen LogP contribution in [0.1, 0.15) is 30.0 Å². The van der Waals surface area contributed by atoms with E-state index < -0.39 is 0 Å². The van der Waals surface area contributed by atoms with E-state index in [-0.39, 0.29) is 11.7 Å². The highest BCUT2D eigenvalue weighted by Crippen LogP contribution is 2.39. The molecule has 0 radical (unpaired) electrons. The summed E-state index contributed by atoms with van der Waals surface area (Å²) in [6.07, 6.45) is 5.44. The van der Waals surface area contributed by atoms with Gasteiger partial charge in [-0.15, -0.1) is 11.6 Å². The summed E-state index contributed by atoms with van der Waals surface area (Å²) < 4.78 is 14.7. The van der Waals surface area contributed by atoms with Gasteiger partial charge >= 0.3 is 0 Å². The summed E-state index contributed by atoms with van der Waals surface area (Å²) in [5, 5.41) is 4.45. The third-order valence-corrected chi connectivity index (χ3v) is 3.16. The number of pyridine rings is 1. The van der Waals surface area contributed by atoms with E-state index in [0.717, 1.165) is 5.69 Å². The molecule has 5 heteroatoms. The molecule has 1 aliphatic rings. The lowest BCUT2D eigenvalue weighted by atomic mass is 10.3. The molecule has 3 nitrogen and oxygen atoms in total. The first kappa shape index (κ1) is 10.7. The molecule has 2 aromatic heterocycles. The smallest absolute Gasteiger partial charge is 0.157 e. The third kappa shape index (κ3) is 2.05. The van der Waals surface area contributed by atoms with Crippen LogP contribution >= 0.6 is 11.6 Å². The first-order chi connectivity index (χ1) is 8.28.